The predicted octanol–water partition coefficient (Wildman–Crippen LogP) is 2.63. The van der Waals surface area contributed by atoms with Crippen molar-refractivity contribution in [3.05, 3.63) is 24.2 Å². The van der Waals surface area contributed by atoms with Crippen LogP contribution in [0.2, 0.25) is 0 Å². The predicted molar refractivity (Wildman–Crippen MR) is 70.8 cm³/mol. The maximum absolute atomic E-state index is 12.5. The molecule has 3 heterocycles. The number of aromatic nitrogens is 2. The van der Waals surface area contributed by atoms with Crippen LogP contribution in [-0.2, 0) is 0 Å². The normalized spacial score (nSPS) is 19.8. The van der Waals surface area contributed by atoms with Gasteiger partial charge in [-0.05, 0) is 37.8 Å². The molecule has 0 N–H and O–H groups in total. The molecule has 0 aromatic carbocycles. The van der Waals surface area contributed by atoms with Gasteiger partial charge in [0.25, 0.3) is 5.89 Å². The van der Waals surface area contributed by atoms with E-state index in [2.05, 4.69) is 16.9 Å². The molecular formula is C14H17N3O2. The smallest absolute Gasteiger partial charge is 0.310 e. The molecule has 0 bridgehead atoms. The minimum Gasteiger partial charge on any atom is -0.431 e. The molecule has 1 aliphatic rings. The van der Waals surface area contributed by atoms with Gasteiger partial charge in [-0.3, -0.25) is 4.79 Å². The lowest BCUT2D eigenvalue weighted by Gasteiger charge is -2.34. The molecule has 100 valence electrons. The maximum Gasteiger partial charge on any atom is 0.310 e. The van der Waals surface area contributed by atoms with Gasteiger partial charge in [0.05, 0.1) is 0 Å². The molecule has 1 atom stereocenters. The zero-order valence-electron chi connectivity index (χ0n) is 11.0. The number of amides is 1. The number of pyridine rings is 1. The van der Waals surface area contributed by atoms with Gasteiger partial charge in [0.15, 0.2) is 11.2 Å². The number of piperidine rings is 1. The van der Waals surface area contributed by atoms with Crippen LogP contribution >= 0.6 is 0 Å². The molecule has 2 aromatic rings. The number of nitrogens with zero attached hydrogens (tertiary/aromatic N) is 3. The number of hydrogen-bond acceptors (Lipinski definition) is 4. The van der Waals surface area contributed by atoms with Crippen molar-refractivity contribution in [3.8, 4) is 0 Å². The number of carbonyl (C=O) groups excluding carboxylic acids is 1. The summed E-state index contributed by atoms with van der Waals surface area (Å²) in [4.78, 5) is 22.7. The Labute approximate surface area is 111 Å². The third-order valence-corrected chi connectivity index (χ3v) is 3.71. The highest BCUT2D eigenvalue weighted by molar-refractivity contribution is 5.92. The van der Waals surface area contributed by atoms with E-state index in [4.69, 9.17) is 4.42 Å². The van der Waals surface area contributed by atoms with E-state index in [1.165, 1.54) is 6.42 Å². The number of rotatable bonds is 2. The van der Waals surface area contributed by atoms with E-state index in [0.29, 0.717) is 17.3 Å². The van der Waals surface area contributed by atoms with Crippen LogP contribution in [-0.4, -0.2) is 33.4 Å². The lowest BCUT2D eigenvalue weighted by atomic mass is 10.00. The minimum atomic E-state index is -0.107. The van der Waals surface area contributed by atoms with Crippen molar-refractivity contribution in [2.75, 3.05) is 6.54 Å². The van der Waals surface area contributed by atoms with Crippen molar-refractivity contribution in [2.45, 2.75) is 38.6 Å². The SMILES string of the molecule is CCC1CCCCN1C(=O)c1nc2ncccc2o1. The Morgan fingerprint density at radius 3 is 3.21 bits per heavy atom. The lowest BCUT2D eigenvalue weighted by Crippen LogP contribution is -2.43. The van der Waals surface area contributed by atoms with E-state index >= 15 is 0 Å². The molecule has 5 heteroatoms. The van der Waals surface area contributed by atoms with Crippen molar-refractivity contribution in [1.82, 2.24) is 14.9 Å². The Bertz CT molecular complexity index is 560. The first-order valence-corrected chi connectivity index (χ1v) is 6.82. The number of carbonyl (C=O) groups is 1. The van der Waals surface area contributed by atoms with Gasteiger partial charge in [-0.25, -0.2) is 4.98 Å². The Morgan fingerprint density at radius 2 is 2.42 bits per heavy atom. The third kappa shape index (κ3) is 2.20. The van der Waals surface area contributed by atoms with Crippen LogP contribution in [0.25, 0.3) is 11.2 Å². The summed E-state index contributed by atoms with van der Waals surface area (Å²) in [6.45, 7) is 2.91. The van der Waals surface area contributed by atoms with Crippen molar-refractivity contribution < 1.29 is 9.21 Å². The minimum absolute atomic E-state index is 0.107. The van der Waals surface area contributed by atoms with Gasteiger partial charge in [0.1, 0.15) is 0 Å². The van der Waals surface area contributed by atoms with Crippen LogP contribution in [0, 0.1) is 0 Å². The monoisotopic (exact) mass is 259 g/mol. The lowest BCUT2D eigenvalue weighted by molar-refractivity contribution is 0.0570. The van der Waals surface area contributed by atoms with E-state index in [0.717, 1.165) is 25.8 Å². The number of hydrogen-bond donors (Lipinski definition) is 0. The molecule has 1 fully saturated rings. The summed E-state index contributed by atoms with van der Waals surface area (Å²) in [6, 6.07) is 3.86. The molecule has 19 heavy (non-hydrogen) atoms. The average Bonchev–Trinajstić information content (AvgIpc) is 2.90. The first kappa shape index (κ1) is 12.1. The van der Waals surface area contributed by atoms with E-state index in [1.54, 1.807) is 18.3 Å². The summed E-state index contributed by atoms with van der Waals surface area (Å²) < 4.78 is 5.51. The quantitative estimate of drug-likeness (QED) is 0.831. The molecule has 1 saturated heterocycles. The average molecular weight is 259 g/mol. The van der Waals surface area contributed by atoms with Crippen molar-refractivity contribution >= 4 is 17.1 Å². The fourth-order valence-electron chi connectivity index (χ4n) is 2.68. The van der Waals surface area contributed by atoms with Gasteiger partial charge < -0.3 is 9.32 Å². The number of likely N-dealkylation sites (tertiary alicyclic amines) is 1. The number of fused-ring (bicyclic) bond motifs is 1. The van der Waals surface area contributed by atoms with Crippen LogP contribution < -0.4 is 0 Å². The second-order valence-corrected chi connectivity index (χ2v) is 4.90. The highest BCUT2D eigenvalue weighted by Crippen LogP contribution is 2.22. The standard InChI is InChI=1S/C14H17N3O2/c1-2-10-6-3-4-9-17(10)14(18)13-16-12-11(19-13)7-5-8-15-12/h5,7-8,10H,2-4,6,9H2,1H3. The van der Waals surface area contributed by atoms with Crippen LogP contribution in [0.15, 0.2) is 22.7 Å². The zero-order chi connectivity index (χ0) is 13.2. The molecule has 5 nitrogen and oxygen atoms in total. The van der Waals surface area contributed by atoms with Gasteiger partial charge in [0, 0.05) is 18.8 Å². The molecule has 1 amide bonds. The van der Waals surface area contributed by atoms with Gasteiger partial charge in [-0.15, -0.1) is 0 Å². The van der Waals surface area contributed by atoms with Crippen molar-refractivity contribution in [3.63, 3.8) is 0 Å². The fourth-order valence-corrected chi connectivity index (χ4v) is 2.68. The number of oxazole rings is 1. The van der Waals surface area contributed by atoms with Gasteiger partial charge >= 0.3 is 5.91 Å². The summed E-state index contributed by atoms with van der Waals surface area (Å²) in [5, 5.41) is 0. The van der Waals surface area contributed by atoms with Gasteiger partial charge in [-0.2, -0.15) is 4.98 Å². The molecular weight excluding hydrogens is 242 g/mol. The van der Waals surface area contributed by atoms with Crippen molar-refractivity contribution in [2.24, 2.45) is 0 Å². The van der Waals surface area contributed by atoms with E-state index < -0.39 is 0 Å². The molecule has 2 aromatic heterocycles. The van der Waals surface area contributed by atoms with Crippen molar-refractivity contribution in [1.29, 1.82) is 0 Å². The maximum atomic E-state index is 12.5. The largest absolute Gasteiger partial charge is 0.431 e. The Kier molecular flexibility index (Phi) is 3.19. The summed E-state index contributed by atoms with van der Waals surface area (Å²) in [5.41, 5.74) is 1.06. The van der Waals surface area contributed by atoms with Crippen LogP contribution in [0.3, 0.4) is 0 Å². The van der Waals surface area contributed by atoms with Gasteiger partial charge in [0.2, 0.25) is 0 Å². The second-order valence-electron chi connectivity index (χ2n) is 4.90. The molecule has 1 aliphatic heterocycles. The van der Waals surface area contributed by atoms with E-state index in [9.17, 15) is 4.79 Å². The Morgan fingerprint density at radius 1 is 1.53 bits per heavy atom. The molecule has 3 rings (SSSR count). The molecule has 0 radical (unpaired) electrons. The van der Waals surface area contributed by atoms with E-state index in [1.807, 2.05) is 4.90 Å². The molecule has 0 spiro atoms. The molecule has 0 aliphatic carbocycles. The van der Waals surface area contributed by atoms with Crippen LogP contribution in [0.1, 0.15) is 43.3 Å². The van der Waals surface area contributed by atoms with E-state index in [-0.39, 0.29) is 11.8 Å². The van der Waals surface area contributed by atoms with Crippen LogP contribution in [0.5, 0.6) is 0 Å². The topological polar surface area (TPSA) is 59.2 Å². The van der Waals surface area contributed by atoms with Gasteiger partial charge in [-0.1, -0.05) is 6.92 Å². The second kappa shape index (κ2) is 4.99. The third-order valence-electron chi connectivity index (χ3n) is 3.71. The summed E-state index contributed by atoms with van der Waals surface area (Å²) in [7, 11) is 0. The summed E-state index contributed by atoms with van der Waals surface area (Å²) in [6.07, 6.45) is 5.94. The molecule has 0 saturated carbocycles. The highest BCUT2D eigenvalue weighted by Gasteiger charge is 2.29. The fraction of sp³-hybridized carbons (Fsp3) is 0.500. The Balaban J connectivity index is 1.89. The molecule has 1 unspecified atom stereocenters. The summed E-state index contributed by atoms with van der Waals surface area (Å²) >= 11 is 0. The highest BCUT2D eigenvalue weighted by atomic mass is 16.4. The first-order chi connectivity index (χ1) is 9.29. The summed E-state index contributed by atoms with van der Waals surface area (Å²) in [5.74, 6) is 0.0543. The Hall–Kier alpha value is -1.91. The zero-order valence-corrected chi connectivity index (χ0v) is 11.0. The van der Waals surface area contributed by atoms with Crippen LogP contribution in [0.4, 0.5) is 0 Å². The first-order valence-electron chi connectivity index (χ1n) is 6.82.